The Morgan fingerprint density at radius 1 is 1.20 bits per heavy atom. The number of carbonyl (C=O) groups excluding carboxylic acids is 2. The van der Waals surface area contributed by atoms with Crippen molar-refractivity contribution in [2.24, 2.45) is 5.92 Å². The maximum atomic E-state index is 11.8. The summed E-state index contributed by atoms with van der Waals surface area (Å²) in [6.45, 7) is 1.94. The van der Waals surface area contributed by atoms with Crippen molar-refractivity contribution in [1.29, 1.82) is 0 Å². The lowest BCUT2D eigenvalue weighted by atomic mass is 9.86. The largest absolute Gasteiger partial charge is 0.452 e. The second kappa shape index (κ2) is 7.08. The van der Waals surface area contributed by atoms with Gasteiger partial charge in [0.2, 0.25) is 0 Å². The van der Waals surface area contributed by atoms with E-state index in [1.165, 1.54) is 6.42 Å². The predicted molar refractivity (Wildman–Crippen MR) is 76.3 cm³/mol. The van der Waals surface area contributed by atoms with Crippen LogP contribution >= 0.6 is 0 Å². The van der Waals surface area contributed by atoms with Crippen LogP contribution in [0.3, 0.4) is 0 Å². The molecule has 0 bridgehead atoms. The summed E-state index contributed by atoms with van der Waals surface area (Å²) in [5.41, 5.74) is 0.464. The van der Waals surface area contributed by atoms with E-state index >= 15 is 0 Å². The average molecular weight is 275 g/mol. The molecule has 4 nitrogen and oxygen atoms in total. The van der Waals surface area contributed by atoms with Crippen LogP contribution in [0.2, 0.25) is 0 Å². The zero-order chi connectivity index (χ0) is 14.4. The molecule has 2 unspecified atom stereocenters. The average Bonchev–Trinajstić information content (AvgIpc) is 2.48. The van der Waals surface area contributed by atoms with Gasteiger partial charge in [0.25, 0.3) is 5.91 Å². The van der Waals surface area contributed by atoms with Crippen LogP contribution in [0.1, 0.15) is 43.0 Å². The fourth-order valence-corrected chi connectivity index (χ4v) is 2.57. The van der Waals surface area contributed by atoms with Gasteiger partial charge in [-0.15, -0.1) is 0 Å². The van der Waals surface area contributed by atoms with Crippen molar-refractivity contribution in [3.05, 3.63) is 35.9 Å². The van der Waals surface area contributed by atoms with Crippen LogP contribution in [-0.4, -0.2) is 24.5 Å². The van der Waals surface area contributed by atoms with Crippen molar-refractivity contribution in [2.45, 2.75) is 38.6 Å². The topological polar surface area (TPSA) is 55.4 Å². The Morgan fingerprint density at radius 2 is 1.90 bits per heavy atom. The van der Waals surface area contributed by atoms with E-state index < -0.39 is 5.97 Å². The number of ether oxygens (including phenoxy) is 1. The first-order valence-corrected chi connectivity index (χ1v) is 7.18. The van der Waals surface area contributed by atoms with E-state index in [9.17, 15) is 9.59 Å². The fourth-order valence-electron chi connectivity index (χ4n) is 2.57. The van der Waals surface area contributed by atoms with Crippen LogP contribution in [0.5, 0.6) is 0 Å². The minimum Gasteiger partial charge on any atom is -0.452 e. The Bertz CT molecular complexity index is 458. The van der Waals surface area contributed by atoms with Gasteiger partial charge in [0, 0.05) is 6.04 Å². The maximum absolute atomic E-state index is 11.8. The lowest BCUT2D eigenvalue weighted by Crippen LogP contribution is -2.42. The quantitative estimate of drug-likeness (QED) is 0.859. The monoisotopic (exact) mass is 275 g/mol. The molecule has 1 aromatic carbocycles. The smallest absolute Gasteiger partial charge is 0.338 e. The maximum Gasteiger partial charge on any atom is 0.338 e. The molecule has 1 aliphatic rings. The highest BCUT2D eigenvalue weighted by atomic mass is 16.5. The molecule has 0 saturated heterocycles. The Labute approximate surface area is 119 Å². The molecule has 108 valence electrons. The third-order valence-electron chi connectivity index (χ3n) is 3.80. The van der Waals surface area contributed by atoms with Gasteiger partial charge in [-0.05, 0) is 30.9 Å². The molecule has 1 N–H and O–H groups in total. The second-order valence-corrected chi connectivity index (χ2v) is 5.38. The molecule has 0 heterocycles. The Hall–Kier alpha value is -1.84. The van der Waals surface area contributed by atoms with Crippen molar-refractivity contribution in [3.8, 4) is 0 Å². The first kappa shape index (κ1) is 14.6. The highest BCUT2D eigenvalue weighted by molar-refractivity contribution is 5.91. The molecule has 1 amide bonds. The highest BCUT2D eigenvalue weighted by Crippen LogP contribution is 2.23. The zero-order valence-corrected chi connectivity index (χ0v) is 11.8. The zero-order valence-electron chi connectivity index (χ0n) is 11.8. The number of esters is 1. The number of amides is 1. The molecule has 0 aromatic heterocycles. The number of rotatable bonds is 4. The van der Waals surface area contributed by atoms with Crippen LogP contribution in [-0.2, 0) is 9.53 Å². The van der Waals surface area contributed by atoms with Gasteiger partial charge in [-0.25, -0.2) is 4.79 Å². The van der Waals surface area contributed by atoms with E-state index in [0.717, 1.165) is 19.3 Å². The Balaban J connectivity index is 1.76. The van der Waals surface area contributed by atoms with Crippen LogP contribution in [0.4, 0.5) is 0 Å². The molecule has 0 radical (unpaired) electrons. The van der Waals surface area contributed by atoms with Crippen molar-refractivity contribution in [3.63, 3.8) is 0 Å². The van der Waals surface area contributed by atoms with E-state index in [1.807, 2.05) is 6.07 Å². The van der Waals surface area contributed by atoms with Crippen molar-refractivity contribution >= 4 is 11.9 Å². The Kier molecular flexibility index (Phi) is 5.16. The third-order valence-corrected chi connectivity index (χ3v) is 3.80. The molecule has 1 aliphatic carbocycles. The molecule has 0 aliphatic heterocycles. The van der Waals surface area contributed by atoms with E-state index in [0.29, 0.717) is 11.5 Å². The molecule has 1 saturated carbocycles. The van der Waals surface area contributed by atoms with Gasteiger partial charge in [0.15, 0.2) is 6.61 Å². The van der Waals surface area contributed by atoms with Gasteiger partial charge in [0.1, 0.15) is 0 Å². The molecule has 0 spiro atoms. The van der Waals surface area contributed by atoms with E-state index in [1.54, 1.807) is 24.3 Å². The summed E-state index contributed by atoms with van der Waals surface area (Å²) < 4.78 is 5.02. The molecule has 1 aromatic rings. The fraction of sp³-hybridized carbons (Fsp3) is 0.500. The van der Waals surface area contributed by atoms with Gasteiger partial charge >= 0.3 is 5.97 Å². The molecule has 2 atom stereocenters. The minimum absolute atomic E-state index is 0.211. The molecular formula is C16H21NO3. The van der Waals surface area contributed by atoms with Crippen LogP contribution < -0.4 is 5.32 Å². The van der Waals surface area contributed by atoms with Crippen LogP contribution in [0, 0.1) is 5.92 Å². The number of hydrogen-bond donors (Lipinski definition) is 1. The summed E-state index contributed by atoms with van der Waals surface area (Å²) >= 11 is 0. The minimum atomic E-state index is -0.461. The summed E-state index contributed by atoms with van der Waals surface area (Å²) in [4.78, 5) is 23.5. The number of nitrogens with one attached hydrogen (secondary N) is 1. The molecule has 2 rings (SSSR count). The van der Waals surface area contributed by atoms with Crippen molar-refractivity contribution in [1.82, 2.24) is 5.32 Å². The van der Waals surface area contributed by atoms with Gasteiger partial charge in [-0.2, -0.15) is 0 Å². The lowest BCUT2D eigenvalue weighted by Gasteiger charge is -2.29. The molecule has 4 heteroatoms. The predicted octanol–water partition coefficient (Wildman–Crippen LogP) is 2.54. The lowest BCUT2D eigenvalue weighted by molar-refractivity contribution is -0.125. The molecular weight excluding hydrogens is 254 g/mol. The second-order valence-electron chi connectivity index (χ2n) is 5.38. The summed E-state index contributed by atoms with van der Waals surface area (Å²) in [6.07, 6.45) is 4.55. The Morgan fingerprint density at radius 3 is 2.60 bits per heavy atom. The van der Waals surface area contributed by atoms with Gasteiger partial charge < -0.3 is 10.1 Å². The highest BCUT2D eigenvalue weighted by Gasteiger charge is 2.23. The normalized spacial score (nSPS) is 22.1. The van der Waals surface area contributed by atoms with Crippen molar-refractivity contribution in [2.75, 3.05) is 6.61 Å². The van der Waals surface area contributed by atoms with E-state index in [-0.39, 0.29) is 18.6 Å². The number of benzene rings is 1. The van der Waals surface area contributed by atoms with Gasteiger partial charge in [-0.3, -0.25) is 4.79 Å². The molecule has 1 fully saturated rings. The van der Waals surface area contributed by atoms with Gasteiger partial charge in [-0.1, -0.05) is 38.0 Å². The summed E-state index contributed by atoms with van der Waals surface area (Å²) in [6, 6.07) is 8.91. The molecule has 20 heavy (non-hydrogen) atoms. The van der Waals surface area contributed by atoms with E-state index in [4.69, 9.17) is 4.74 Å². The van der Waals surface area contributed by atoms with E-state index in [2.05, 4.69) is 12.2 Å². The first-order valence-electron chi connectivity index (χ1n) is 7.18. The number of hydrogen-bond acceptors (Lipinski definition) is 3. The first-order chi connectivity index (χ1) is 9.66. The summed E-state index contributed by atoms with van der Waals surface area (Å²) in [7, 11) is 0. The summed E-state index contributed by atoms with van der Waals surface area (Å²) in [5, 5.41) is 2.96. The standard InChI is InChI=1S/C16H21NO3/c1-12-7-5-6-10-14(12)17-15(18)11-20-16(19)13-8-3-2-4-9-13/h2-4,8-9,12,14H,5-7,10-11H2,1H3,(H,17,18). The van der Waals surface area contributed by atoms with Crippen molar-refractivity contribution < 1.29 is 14.3 Å². The SMILES string of the molecule is CC1CCCCC1NC(=O)COC(=O)c1ccccc1. The third kappa shape index (κ3) is 4.08. The van der Waals surface area contributed by atoms with Crippen LogP contribution in [0.25, 0.3) is 0 Å². The van der Waals surface area contributed by atoms with Gasteiger partial charge in [0.05, 0.1) is 5.56 Å². The number of carbonyl (C=O) groups is 2. The summed E-state index contributed by atoms with van der Waals surface area (Å²) in [5.74, 6) is -0.178. The van der Waals surface area contributed by atoms with Crippen LogP contribution in [0.15, 0.2) is 30.3 Å².